The van der Waals surface area contributed by atoms with Crippen molar-refractivity contribution < 1.29 is 9.21 Å². The topological polar surface area (TPSA) is 77.0 Å². The maximum atomic E-state index is 12.7. The molecule has 2 aromatic rings. The fourth-order valence-electron chi connectivity index (χ4n) is 3.20. The summed E-state index contributed by atoms with van der Waals surface area (Å²) in [4.78, 5) is 18.7. The van der Waals surface area contributed by atoms with E-state index in [1.165, 1.54) is 19.2 Å². The van der Waals surface area contributed by atoms with Crippen molar-refractivity contribution in [1.82, 2.24) is 24.6 Å². The van der Waals surface area contributed by atoms with Crippen LogP contribution in [0.25, 0.3) is 0 Å². The lowest BCUT2D eigenvalue weighted by atomic mass is 10.2. The molecule has 0 aromatic carbocycles. The second kappa shape index (κ2) is 4.41. The van der Waals surface area contributed by atoms with Crippen LogP contribution in [-0.2, 0) is 13.1 Å². The predicted molar refractivity (Wildman–Crippen MR) is 75.2 cm³/mol. The Bertz CT molecular complexity index is 741. The molecule has 1 aliphatic heterocycles. The van der Waals surface area contributed by atoms with Gasteiger partial charge in [-0.2, -0.15) is 0 Å². The largest absolute Gasteiger partial charge is 0.447 e. The summed E-state index contributed by atoms with van der Waals surface area (Å²) >= 11 is 0. The van der Waals surface area contributed by atoms with Gasteiger partial charge in [0.15, 0.2) is 17.9 Å². The normalized spacial score (nSPS) is 21.0. The maximum absolute atomic E-state index is 12.7. The number of nitrogens with zero attached hydrogens (tertiary/aromatic N) is 5. The third-order valence-electron chi connectivity index (χ3n) is 4.76. The van der Waals surface area contributed by atoms with Crippen molar-refractivity contribution in [2.45, 2.75) is 50.6 Å². The van der Waals surface area contributed by atoms with Crippen molar-refractivity contribution >= 4 is 5.91 Å². The number of hydrogen-bond donors (Lipinski definition) is 0. The number of amides is 1. The van der Waals surface area contributed by atoms with Gasteiger partial charge in [0.25, 0.3) is 5.91 Å². The molecule has 22 heavy (non-hydrogen) atoms. The van der Waals surface area contributed by atoms with E-state index in [1.807, 2.05) is 4.90 Å². The zero-order valence-electron chi connectivity index (χ0n) is 12.2. The highest BCUT2D eigenvalue weighted by Crippen LogP contribution is 2.42. The monoisotopic (exact) mass is 299 g/mol. The molecule has 1 amide bonds. The van der Waals surface area contributed by atoms with Crippen LogP contribution in [0.1, 0.15) is 65.4 Å². The number of hydrogen-bond acceptors (Lipinski definition) is 5. The minimum atomic E-state index is -0.0436. The summed E-state index contributed by atoms with van der Waals surface area (Å²) in [5, 5.41) is 8.59. The van der Waals surface area contributed by atoms with Gasteiger partial charge in [0.1, 0.15) is 11.6 Å². The molecule has 0 saturated heterocycles. The fraction of sp³-hybridized carbons (Fsp3) is 0.600. The summed E-state index contributed by atoms with van der Waals surface area (Å²) in [6.07, 6.45) is 6.00. The highest BCUT2D eigenvalue weighted by Gasteiger charge is 2.36. The molecular weight excluding hydrogens is 282 g/mol. The summed E-state index contributed by atoms with van der Waals surface area (Å²) in [6.45, 7) is 1.96. The first-order valence-electron chi connectivity index (χ1n) is 7.96. The molecule has 3 heterocycles. The Balaban J connectivity index is 1.39. The van der Waals surface area contributed by atoms with E-state index in [9.17, 15) is 4.79 Å². The molecule has 2 aliphatic carbocycles. The Morgan fingerprint density at radius 1 is 1.14 bits per heavy atom. The van der Waals surface area contributed by atoms with E-state index in [0.29, 0.717) is 30.6 Å². The maximum Gasteiger partial charge on any atom is 0.276 e. The minimum Gasteiger partial charge on any atom is -0.447 e. The molecule has 7 heteroatoms. The molecule has 5 rings (SSSR count). The Labute approximate surface area is 127 Å². The van der Waals surface area contributed by atoms with Gasteiger partial charge in [-0.1, -0.05) is 0 Å². The highest BCUT2D eigenvalue weighted by atomic mass is 16.3. The Morgan fingerprint density at radius 3 is 2.73 bits per heavy atom. The first-order chi connectivity index (χ1) is 10.8. The van der Waals surface area contributed by atoms with Crippen molar-refractivity contribution in [3.05, 3.63) is 29.5 Å². The van der Waals surface area contributed by atoms with Crippen LogP contribution in [0.15, 0.2) is 10.8 Å². The van der Waals surface area contributed by atoms with E-state index >= 15 is 0 Å². The number of carbonyl (C=O) groups is 1. The van der Waals surface area contributed by atoms with Crippen molar-refractivity contribution in [2.24, 2.45) is 0 Å². The summed E-state index contributed by atoms with van der Waals surface area (Å²) in [6, 6.07) is 0. The predicted octanol–water partition coefficient (Wildman–Crippen LogP) is 1.68. The molecule has 0 N–H and O–H groups in total. The first kappa shape index (κ1) is 12.4. The second-order valence-corrected chi connectivity index (χ2v) is 6.47. The van der Waals surface area contributed by atoms with Crippen LogP contribution in [0, 0.1) is 0 Å². The number of oxazole rings is 1. The second-order valence-electron chi connectivity index (χ2n) is 6.47. The van der Waals surface area contributed by atoms with Crippen LogP contribution in [-0.4, -0.2) is 37.1 Å². The fourth-order valence-corrected chi connectivity index (χ4v) is 3.20. The van der Waals surface area contributed by atoms with Crippen molar-refractivity contribution in [1.29, 1.82) is 0 Å². The SMILES string of the molecule is O=C(c1ncoc1C1CC1)N1CCn2c(nnc2C2CC2)C1. The Morgan fingerprint density at radius 2 is 1.95 bits per heavy atom. The zero-order chi connectivity index (χ0) is 14.7. The molecular formula is C15H17N5O2. The standard InChI is InChI=1S/C15H17N5O2/c21-15(12-13(9-1-2-9)22-8-16-12)19-5-6-20-11(7-19)17-18-14(20)10-3-4-10/h8-10H,1-7H2. The van der Waals surface area contributed by atoms with E-state index in [-0.39, 0.29) is 5.91 Å². The number of aromatic nitrogens is 4. The smallest absolute Gasteiger partial charge is 0.276 e. The van der Waals surface area contributed by atoms with Gasteiger partial charge in [0, 0.05) is 24.9 Å². The van der Waals surface area contributed by atoms with Crippen LogP contribution in [0.4, 0.5) is 0 Å². The molecule has 2 fully saturated rings. The quantitative estimate of drug-likeness (QED) is 0.861. The van der Waals surface area contributed by atoms with Gasteiger partial charge in [-0.15, -0.1) is 10.2 Å². The van der Waals surface area contributed by atoms with Gasteiger partial charge in [-0.3, -0.25) is 4.79 Å². The van der Waals surface area contributed by atoms with Crippen LogP contribution < -0.4 is 0 Å². The average molecular weight is 299 g/mol. The van der Waals surface area contributed by atoms with E-state index in [2.05, 4.69) is 19.7 Å². The molecule has 0 spiro atoms. The van der Waals surface area contributed by atoms with Crippen LogP contribution in [0.2, 0.25) is 0 Å². The molecule has 7 nitrogen and oxygen atoms in total. The lowest BCUT2D eigenvalue weighted by molar-refractivity contribution is 0.0698. The van der Waals surface area contributed by atoms with Crippen LogP contribution >= 0.6 is 0 Å². The van der Waals surface area contributed by atoms with Crippen molar-refractivity contribution in [3.63, 3.8) is 0 Å². The first-order valence-corrected chi connectivity index (χ1v) is 7.96. The highest BCUT2D eigenvalue weighted by molar-refractivity contribution is 5.93. The van der Waals surface area contributed by atoms with Gasteiger partial charge < -0.3 is 13.9 Å². The van der Waals surface area contributed by atoms with Gasteiger partial charge >= 0.3 is 0 Å². The number of carbonyl (C=O) groups excluding carboxylic acids is 1. The summed E-state index contributed by atoms with van der Waals surface area (Å²) in [5.74, 6) is 3.67. The van der Waals surface area contributed by atoms with Gasteiger partial charge in [-0.25, -0.2) is 4.98 Å². The van der Waals surface area contributed by atoms with E-state index in [0.717, 1.165) is 36.8 Å². The molecule has 114 valence electrons. The molecule has 0 atom stereocenters. The molecule has 0 bridgehead atoms. The van der Waals surface area contributed by atoms with E-state index in [1.54, 1.807) is 0 Å². The van der Waals surface area contributed by atoms with Gasteiger partial charge in [-0.05, 0) is 25.7 Å². The summed E-state index contributed by atoms with van der Waals surface area (Å²) in [5.41, 5.74) is 0.484. The third kappa shape index (κ3) is 1.88. The number of fused-ring (bicyclic) bond motifs is 1. The Hall–Kier alpha value is -2.18. The van der Waals surface area contributed by atoms with Crippen molar-refractivity contribution in [2.75, 3.05) is 6.54 Å². The lowest BCUT2D eigenvalue weighted by Crippen LogP contribution is -2.39. The van der Waals surface area contributed by atoms with E-state index < -0.39 is 0 Å². The molecule has 2 saturated carbocycles. The molecule has 0 radical (unpaired) electrons. The third-order valence-corrected chi connectivity index (χ3v) is 4.76. The van der Waals surface area contributed by atoms with Crippen LogP contribution in [0.3, 0.4) is 0 Å². The van der Waals surface area contributed by atoms with E-state index in [4.69, 9.17) is 4.42 Å². The molecule has 2 aromatic heterocycles. The Kier molecular flexibility index (Phi) is 2.48. The number of rotatable bonds is 3. The summed E-state index contributed by atoms with van der Waals surface area (Å²) in [7, 11) is 0. The molecule has 0 unspecified atom stereocenters. The lowest BCUT2D eigenvalue weighted by Gasteiger charge is -2.27. The molecule has 3 aliphatic rings. The zero-order valence-corrected chi connectivity index (χ0v) is 12.2. The average Bonchev–Trinajstić information content (AvgIpc) is 3.48. The van der Waals surface area contributed by atoms with Gasteiger partial charge in [0.05, 0.1) is 6.54 Å². The van der Waals surface area contributed by atoms with Crippen molar-refractivity contribution in [3.8, 4) is 0 Å². The summed E-state index contributed by atoms with van der Waals surface area (Å²) < 4.78 is 7.61. The van der Waals surface area contributed by atoms with Gasteiger partial charge in [0.2, 0.25) is 0 Å². The minimum absolute atomic E-state index is 0.0436. The van der Waals surface area contributed by atoms with Crippen LogP contribution in [0.5, 0.6) is 0 Å².